The standard InChI is InChI=1S/C9H14IN3S/c1-4-11-9-8(10)6(2)12-7(13-9)5-14-3/h4-5H2,1-3H3,(H,11,12,13). The first-order valence-corrected chi connectivity index (χ1v) is 6.92. The van der Waals surface area contributed by atoms with Crippen molar-refractivity contribution in [2.24, 2.45) is 0 Å². The third-order valence-corrected chi connectivity index (χ3v) is 3.52. The minimum atomic E-state index is 0.871. The van der Waals surface area contributed by atoms with Crippen LogP contribution in [0.1, 0.15) is 18.4 Å². The predicted molar refractivity (Wildman–Crippen MR) is 70.9 cm³/mol. The molecule has 1 rings (SSSR count). The lowest BCUT2D eigenvalue weighted by Crippen LogP contribution is -2.07. The van der Waals surface area contributed by atoms with Crippen LogP contribution in [0.25, 0.3) is 0 Å². The molecular formula is C9H14IN3S. The normalized spacial score (nSPS) is 10.3. The largest absolute Gasteiger partial charge is 0.369 e. The molecule has 78 valence electrons. The molecule has 1 aromatic heterocycles. The maximum atomic E-state index is 4.46. The van der Waals surface area contributed by atoms with Crippen molar-refractivity contribution in [1.82, 2.24) is 9.97 Å². The smallest absolute Gasteiger partial charge is 0.143 e. The van der Waals surface area contributed by atoms with Gasteiger partial charge in [0.1, 0.15) is 11.6 Å². The lowest BCUT2D eigenvalue weighted by Gasteiger charge is -2.09. The molecule has 0 aliphatic carbocycles. The monoisotopic (exact) mass is 323 g/mol. The third-order valence-electron chi connectivity index (χ3n) is 1.68. The van der Waals surface area contributed by atoms with Crippen molar-refractivity contribution in [3.05, 3.63) is 15.1 Å². The number of anilines is 1. The number of halogens is 1. The van der Waals surface area contributed by atoms with E-state index >= 15 is 0 Å². The number of nitrogens with zero attached hydrogens (tertiary/aromatic N) is 2. The fraction of sp³-hybridized carbons (Fsp3) is 0.556. The molecule has 5 heteroatoms. The van der Waals surface area contributed by atoms with Gasteiger partial charge >= 0.3 is 0 Å². The van der Waals surface area contributed by atoms with Gasteiger partial charge in [-0.2, -0.15) is 11.8 Å². The van der Waals surface area contributed by atoms with E-state index in [4.69, 9.17) is 0 Å². The fourth-order valence-corrected chi connectivity index (χ4v) is 1.91. The highest BCUT2D eigenvalue weighted by Crippen LogP contribution is 2.19. The Bertz CT molecular complexity index is 317. The summed E-state index contributed by atoms with van der Waals surface area (Å²) in [5.74, 6) is 2.74. The molecule has 0 aromatic carbocycles. The predicted octanol–water partition coefficient (Wildman–Crippen LogP) is 2.68. The first-order chi connectivity index (χ1) is 6.69. The van der Waals surface area contributed by atoms with Crippen molar-refractivity contribution in [3.8, 4) is 0 Å². The maximum absolute atomic E-state index is 4.46. The van der Waals surface area contributed by atoms with Crippen LogP contribution in [0.15, 0.2) is 0 Å². The van der Waals surface area contributed by atoms with Gasteiger partial charge in [0.05, 0.1) is 15.0 Å². The minimum absolute atomic E-state index is 0.871. The Morgan fingerprint density at radius 1 is 1.43 bits per heavy atom. The molecule has 0 saturated heterocycles. The maximum Gasteiger partial charge on any atom is 0.143 e. The van der Waals surface area contributed by atoms with Gasteiger partial charge in [0, 0.05) is 6.54 Å². The van der Waals surface area contributed by atoms with E-state index in [1.54, 1.807) is 11.8 Å². The van der Waals surface area contributed by atoms with Crippen molar-refractivity contribution < 1.29 is 0 Å². The summed E-state index contributed by atoms with van der Waals surface area (Å²) >= 11 is 4.02. The Hall–Kier alpha value is -0.0400. The molecule has 0 radical (unpaired) electrons. The molecule has 0 atom stereocenters. The van der Waals surface area contributed by atoms with Gasteiger partial charge in [0.2, 0.25) is 0 Å². The van der Waals surface area contributed by atoms with Gasteiger partial charge in [-0.3, -0.25) is 0 Å². The Labute approximate surface area is 103 Å². The van der Waals surface area contributed by atoms with Gasteiger partial charge in [0.15, 0.2) is 0 Å². The second-order valence-electron chi connectivity index (χ2n) is 2.85. The Kier molecular flexibility index (Phi) is 4.94. The molecule has 0 aliphatic heterocycles. The minimum Gasteiger partial charge on any atom is -0.369 e. The number of hydrogen-bond acceptors (Lipinski definition) is 4. The summed E-state index contributed by atoms with van der Waals surface area (Å²) < 4.78 is 1.12. The SMILES string of the molecule is CCNc1nc(CSC)nc(C)c1I. The van der Waals surface area contributed by atoms with Crippen LogP contribution in [0.2, 0.25) is 0 Å². The molecule has 1 aromatic rings. The van der Waals surface area contributed by atoms with E-state index in [0.29, 0.717) is 0 Å². The highest BCUT2D eigenvalue weighted by atomic mass is 127. The molecular weight excluding hydrogens is 309 g/mol. The Balaban J connectivity index is 3.01. The first-order valence-electron chi connectivity index (χ1n) is 4.44. The van der Waals surface area contributed by atoms with Crippen LogP contribution in [0.3, 0.4) is 0 Å². The summed E-state index contributed by atoms with van der Waals surface area (Å²) in [6.45, 7) is 4.99. The summed E-state index contributed by atoms with van der Waals surface area (Å²) in [5, 5.41) is 3.25. The molecule has 3 nitrogen and oxygen atoms in total. The average molecular weight is 323 g/mol. The number of hydrogen-bond donors (Lipinski definition) is 1. The summed E-state index contributed by atoms with van der Waals surface area (Å²) in [6.07, 6.45) is 2.06. The van der Waals surface area contributed by atoms with Gasteiger partial charge in [-0.1, -0.05) is 0 Å². The first kappa shape index (κ1) is 12.0. The van der Waals surface area contributed by atoms with E-state index in [1.165, 1.54) is 0 Å². The van der Waals surface area contributed by atoms with Gasteiger partial charge in [-0.15, -0.1) is 0 Å². The van der Waals surface area contributed by atoms with E-state index in [9.17, 15) is 0 Å². The summed E-state index contributed by atoms with van der Waals surface area (Å²) in [6, 6.07) is 0. The molecule has 0 amide bonds. The molecule has 0 spiro atoms. The van der Waals surface area contributed by atoms with Crippen molar-refractivity contribution in [3.63, 3.8) is 0 Å². The van der Waals surface area contributed by atoms with Gasteiger partial charge in [-0.05, 0) is 42.7 Å². The van der Waals surface area contributed by atoms with Crippen LogP contribution in [0.4, 0.5) is 5.82 Å². The summed E-state index contributed by atoms with van der Waals surface area (Å²) in [7, 11) is 0. The molecule has 1 heterocycles. The third kappa shape index (κ3) is 2.98. The molecule has 0 unspecified atom stereocenters. The molecule has 0 bridgehead atoms. The van der Waals surface area contributed by atoms with Crippen LogP contribution >= 0.6 is 34.4 Å². The number of thioether (sulfide) groups is 1. The van der Waals surface area contributed by atoms with E-state index in [-0.39, 0.29) is 0 Å². The zero-order valence-corrected chi connectivity index (χ0v) is 11.6. The van der Waals surface area contributed by atoms with Crippen LogP contribution < -0.4 is 5.32 Å². The second kappa shape index (κ2) is 5.75. The van der Waals surface area contributed by atoms with Crippen LogP contribution in [0, 0.1) is 10.5 Å². The number of nitrogens with one attached hydrogen (secondary N) is 1. The molecule has 0 fully saturated rings. The lowest BCUT2D eigenvalue weighted by molar-refractivity contribution is 0.975. The quantitative estimate of drug-likeness (QED) is 0.865. The zero-order valence-electron chi connectivity index (χ0n) is 8.59. The molecule has 0 aliphatic rings. The van der Waals surface area contributed by atoms with Crippen molar-refractivity contribution in [2.75, 3.05) is 18.1 Å². The summed E-state index contributed by atoms with van der Waals surface area (Å²) in [5.41, 5.74) is 1.06. The summed E-state index contributed by atoms with van der Waals surface area (Å²) in [4.78, 5) is 8.89. The lowest BCUT2D eigenvalue weighted by atomic mass is 10.4. The number of aryl methyl sites for hydroxylation is 1. The zero-order chi connectivity index (χ0) is 10.6. The average Bonchev–Trinajstić information content (AvgIpc) is 2.14. The van der Waals surface area contributed by atoms with Gasteiger partial charge in [-0.25, -0.2) is 9.97 Å². The fourth-order valence-electron chi connectivity index (χ4n) is 1.10. The molecule has 14 heavy (non-hydrogen) atoms. The Morgan fingerprint density at radius 2 is 2.14 bits per heavy atom. The second-order valence-corrected chi connectivity index (χ2v) is 4.80. The molecule has 1 N–H and O–H groups in total. The van der Waals surface area contributed by atoms with Crippen molar-refractivity contribution >= 4 is 40.2 Å². The van der Waals surface area contributed by atoms with Crippen LogP contribution in [0.5, 0.6) is 0 Å². The van der Waals surface area contributed by atoms with E-state index in [0.717, 1.165) is 33.2 Å². The number of aromatic nitrogens is 2. The molecule has 0 saturated carbocycles. The van der Waals surface area contributed by atoms with Crippen molar-refractivity contribution in [1.29, 1.82) is 0 Å². The van der Waals surface area contributed by atoms with Gasteiger partial charge < -0.3 is 5.32 Å². The van der Waals surface area contributed by atoms with E-state index in [2.05, 4.69) is 51.1 Å². The van der Waals surface area contributed by atoms with Crippen LogP contribution in [-0.4, -0.2) is 22.8 Å². The number of rotatable bonds is 4. The van der Waals surface area contributed by atoms with Gasteiger partial charge in [0.25, 0.3) is 0 Å². The highest BCUT2D eigenvalue weighted by Gasteiger charge is 2.07. The Morgan fingerprint density at radius 3 is 2.71 bits per heavy atom. The van der Waals surface area contributed by atoms with E-state index in [1.807, 2.05) is 6.92 Å². The van der Waals surface area contributed by atoms with Crippen LogP contribution in [-0.2, 0) is 5.75 Å². The van der Waals surface area contributed by atoms with E-state index < -0.39 is 0 Å². The van der Waals surface area contributed by atoms with Crippen molar-refractivity contribution in [2.45, 2.75) is 19.6 Å². The highest BCUT2D eigenvalue weighted by molar-refractivity contribution is 14.1. The topological polar surface area (TPSA) is 37.8 Å².